The first-order valence-electron chi connectivity index (χ1n) is 9.37. The SMILES string of the molecule is CC1CCN(C(CNC2CCC(C(=O)O)CC2)c2cccs2)CC1. The Kier molecular flexibility index (Phi) is 6.31. The summed E-state index contributed by atoms with van der Waals surface area (Å²) in [5.41, 5.74) is 0. The number of thiophene rings is 1. The number of carboxylic acids is 1. The Hall–Kier alpha value is -0.910. The lowest BCUT2D eigenvalue weighted by atomic mass is 9.86. The highest BCUT2D eigenvalue weighted by Crippen LogP contribution is 2.30. The molecular formula is C19H30N2O2S. The number of likely N-dealkylation sites (tertiary alicyclic amines) is 1. The third kappa shape index (κ3) is 4.58. The fourth-order valence-corrected chi connectivity index (χ4v) is 4.91. The normalized spacial score (nSPS) is 27.9. The van der Waals surface area contributed by atoms with Gasteiger partial charge in [0.25, 0.3) is 0 Å². The number of hydrogen-bond acceptors (Lipinski definition) is 4. The van der Waals surface area contributed by atoms with Crippen LogP contribution in [-0.2, 0) is 4.79 Å². The Balaban J connectivity index is 1.54. The Labute approximate surface area is 149 Å². The van der Waals surface area contributed by atoms with Crippen LogP contribution in [0.2, 0.25) is 0 Å². The lowest BCUT2D eigenvalue weighted by Crippen LogP contribution is -2.43. The minimum atomic E-state index is -0.618. The summed E-state index contributed by atoms with van der Waals surface area (Å²) in [6, 6.07) is 5.36. The predicted octanol–water partition coefficient (Wildman–Crippen LogP) is 3.75. The van der Waals surface area contributed by atoms with Gasteiger partial charge >= 0.3 is 5.97 Å². The van der Waals surface area contributed by atoms with Crippen LogP contribution in [0.3, 0.4) is 0 Å². The Morgan fingerprint density at radius 2 is 2.00 bits per heavy atom. The maximum Gasteiger partial charge on any atom is 0.306 e. The average molecular weight is 351 g/mol. The summed E-state index contributed by atoms with van der Waals surface area (Å²) < 4.78 is 0. The molecule has 1 atom stereocenters. The van der Waals surface area contributed by atoms with E-state index in [0.717, 1.165) is 38.1 Å². The van der Waals surface area contributed by atoms with Crippen molar-refractivity contribution in [3.63, 3.8) is 0 Å². The molecule has 1 aliphatic carbocycles. The van der Waals surface area contributed by atoms with Gasteiger partial charge in [0, 0.05) is 17.5 Å². The second-order valence-corrected chi connectivity index (χ2v) is 8.52. The molecule has 2 aliphatic rings. The molecule has 1 aromatic heterocycles. The number of carboxylic acid groups (broad SMARTS) is 1. The van der Waals surface area contributed by atoms with E-state index < -0.39 is 5.97 Å². The van der Waals surface area contributed by atoms with Gasteiger partial charge in [-0.1, -0.05) is 13.0 Å². The second-order valence-electron chi connectivity index (χ2n) is 7.54. The third-order valence-corrected chi connectivity index (χ3v) is 6.78. The highest BCUT2D eigenvalue weighted by molar-refractivity contribution is 7.10. The predicted molar refractivity (Wildman–Crippen MR) is 98.4 cm³/mol. The molecule has 2 heterocycles. The van der Waals surface area contributed by atoms with Crippen LogP contribution in [0.25, 0.3) is 0 Å². The van der Waals surface area contributed by atoms with E-state index in [9.17, 15) is 4.79 Å². The number of piperidine rings is 1. The van der Waals surface area contributed by atoms with E-state index in [1.807, 2.05) is 11.3 Å². The van der Waals surface area contributed by atoms with E-state index in [1.165, 1.54) is 30.8 Å². The van der Waals surface area contributed by atoms with Crippen molar-refractivity contribution in [2.75, 3.05) is 19.6 Å². The number of hydrogen-bond donors (Lipinski definition) is 2. The second kappa shape index (κ2) is 8.45. The van der Waals surface area contributed by atoms with Crippen molar-refractivity contribution in [3.05, 3.63) is 22.4 Å². The van der Waals surface area contributed by atoms with Crippen molar-refractivity contribution in [2.24, 2.45) is 11.8 Å². The van der Waals surface area contributed by atoms with Crippen LogP contribution < -0.4 is 5.32 Å². The summed E-state index contributed by atoms with van der Waals surface area (Å²) >= 11 is 1.86. The van der Waals surface area contributed by atoms with E-state index in [2.05, 4.69) is 34.7 Å². The summed E-state index contributed by atoms with van der Waals surface area (Å²) in [6.45, 7) is 5.72. The Morgan fingerprint density at radius 3 is 2.58 bits per heavy atom. The number of rotatable bonds is 6. The van der Waals surface area contributed by atoms with Gasteiger partial charge in [-0.05, 0) is 69.0 Å². The van der Waals surface area contributed by atoms with E-state index in [4.69, 9.17) is 5.11 Å². The molecule has 5 heteroatoms. The van der Waals surface area contributed by atoms with Crippen LogP contribution >= 0.6 is 11.3 Å². The van der Waals surface area contributed by atoms with Crippen LogP contribution in [0.5, 0.6) is 0 Å². The van der Waals surface area contributed by atoms with E-state index in [0.29, 0.717) is 12.1 Å². The molecule has 4 nitrogen and oxygen atoms in total. The molecule has 0 amide bonds. The van der Waals surface area contributed by atoms with Crippen LogP contribution in [0.1, 0.15) is 56.4 Å². The highest BCUT2D eigenvalue weighted by Gasteiger charge is 2.28. The maximum absolute atomic E-state index is 11.1. The molecule has 1 saturated carbocycles. The standard InChI is InChI=1S/C19H30N2O2S/c1-14-8-10-21(11-9-14)17(18-3-2-12-24-18)13-20-16-6-4-15(5-7-16)19(22)23/h2-3,12,14-17,20H,4-11,13H2,1H3,(H,22,23). The summed E-state index contributed by atoms with van der Waals surface area (Å²) in [6.07, 6.45) is 6.21. The van der Waals surface area contributed by atoms with Crippen LogP contribution in [0, 0.1) is 11.8 Å². The number of nitrogens with one attached hydrogen (secondary N) is 1. The molecule has 1 aliphatic heterocycles. The van der Waals surface area contributed by atoms with Crippen molar-refractivity contribution in [3.8, 4) is 0 Å². The summed E-state index contributed by atoms with van der Waals surface area (Å²) in [4.78, 5) is 15.2. The molecule has 3 rings (SSSR count). The molecule has 134 valence electrons. The molecule has 2 fully saturated rings. The molecule has 0 aromatic carbocycles. The molecular weight excluding hydrogens is 320 g/mol. The lowest BCUT2D eigenvalue weighted by molar-refractivity contribution is -0.142. The number of aliphatic carboxylic acids is 1. The van der Waals surface area contributed by atoms with Crippen molar-refractivity contribution < 1.29 is 9.90 Å². The molecule has 1 unspecified atom stereocenters. The quantitative estimate of drug-likeness (QED) is 0.820. The molecule has 2 N–H and O–H groups in total. The van der Waals surface area contributed by atoms with E-state index in [1.54, 1.807) is 0 Å². The smallest absolute Gasteiger partial charge is 0.306 e. The Morgan fingerprint density at radius 1 is 1.29 bits per heavy atom. The van der Waals surface area contributed by atoms with Crippen molar-refractivity contribution in [1.29, 1.82) is 0 Å². The molecule has 0 bridgehead atoms. The fourth-order valence-electron chi connectivity index (χ4n) is 4.05. The zero-order valence-corrected chi connectivity index (χ0v) is 15.4. The molecule has 1 saturated heterocycles. The minimum absolute atomic E-state index is 0.125. The number of carbonyl (C=O) groups is 1. The largest absolute Gasteiger partial charge is 0.481 e. The van der Waals surface area contributed by atoms with Gasteiger partial charge in [0.05, 0.1) is 12.0 Å². The minimum Gasteiger partial charge on any atom is -0.481 e. The monoisotopic (exact) mass is 350 g/mol. The fraction of sp³-hybridized carbons (Fsp3) is 0.737. The lowest BCUT2D eigenvalue weighted by Gasteiger charge is -2.37. The first-order valence-corrected chi connectivity index (χ1v) is 10.2. The Bertz CT molecular complexity index is 503. The van der Waals surface area contributed by atoms with Crippen molar-refractivity contribution >= 4 is 17.3 Å². The van der Waals surface area contributed by atoms with E-state index >= 15 is 0 Å². The van der Waals surface area contributed by atoms with Gasteiger partial charge in [-0.2, -0.15) is 0 Å². The molecule has 0 spiro atoms. The zero-order chi connectivity index (χ0) is 16.9. The topological polar surface area (TPSA) is 52.6 Å². The third-order valence-electron chi connectivity index (χ3n) is 5.81. The molecule has 24 heavy (non-hydrogen) atoms. The van der Waals surface area contributed by atoms with Crippen LogP contribution in [0.4, 0.5) is 0 Å². The van der Waals surface area contributed by atoms with Gasteiger partial charge in [0.15, 0.2) is 0 Å². The average Bonchev–Trinajstić information content (AvgIpc) is 3.11. The van der Waals surface area contributed by atoms with Gasteiger partial charge in [-0.3, -0.25) is 9.69 Å². The molecule has 1 aromatic rings. The van der Waals surface area contributed by atoms with Crippen molar-refractivity contribution in [1.82, 2.24) is 10.2 Å². The maximum atomic E-state index is 11.1. The van der Waals surface area contributed by atoms with Gasteiger partial charge in [0.2, 0.25) is 0 Å². The van der Waals surface area contributed by atoms with Gasteiger partial charge in [-0.25, -0.2) is 0 Å². The first kappa shape index (κ1) is 17.9. The van der Waals surface area contributed by atoms with Crippen LogP contribution in [-0.4, -0.2) is 41.7 Å². The zero-order valence-electron chi connectivity index (χ0n) is 14.6. The summed E-state index contributed by atoms with van der Waals surface area (Å²) in [5, 5.41) is 15.1. The highest BCUT2D eigenvalue weighted by atomic mass is 32.1. The summed E-state index contributed by atoms with van der Waals surface area (Å²) in [5.74, 6) is 0.108. The summed E-state index contributed by atoms with van der Waals surface area (Å²) in [7, 11) is 0. The van der Waals surface area contributed by atoms with Gasteiger partial charge in [-0.15, -0.1) is 11.3 Å². The molecule has 0 radical (unpaired) electrons. The first-order chi connectivity index (χ1) is 11.6. The van der Waals surface area contributed by atoms with E-state index in [-0.39, 0.29) is 5.92 Å². The van der Waals surface area contributed by atoms with Crippen molar-refractivity contribution in [2.45, 2.75) is 57.5 Å². The van der Waals surface area contributed by atoms with Gasteiger partial charge < -0.3 is 10.4 Å². The van der Waals surface area contributed by atoms with Gasteiger partial charge in [0.1, 0.15) is 0 Å². The number of nitrogens with zero attached hydrogens (tertiary/aromatic N) is 1. The van der Waals surface area contributed by atoms with Crippen LogP contribution in [0.15, 0.2) is 17.5 Å².